The minimum absolute atomic E-state index is 0.0353. The van der Waals surface area contributed by atoms with Crippen LogP contribution in [-0.2, 0) is 6.42 Å². The number of carbonyl (C=O) groups is 1. The van der Waals surface area contributed by atoms with Gasteiger partial charge in [-0.1, -0.05) is 12.1 Å². The summed E-state index contributed by atoms with van der Waals surface area (Å²) in [5, 5.41) is 17.1. The molecule has 0 aliphatic carbocycles. The van der Waals surface area contributed by atoms with E-state index in [2.05, 4.69) is 5.32 Å². The van der Waals surface area contributed by atoms with Crippen LogP contribution in [0.25, 0.3) is 0 Å². The molecule has 1 amide bonds. The molecule has 1 aliphatic rings. The van der Waals surface area contributed by atoms with Gasteiger partial charge in [0.15, 0.2) is 0 Å². The largest absolute Gasteiger partial charge is 0.384 e. The van der Waals surface area contributed by atoms with Crippen molar-refractivity contribution in [2.75, 3.05) is 6.54 Å². The summed E-state index contributed by atoms with van der Waals surface area (Å²) in [5.74, 6) is -0.0353. The summed E-state index contributed by atoms with van der Waals surface area (Å²) in [6.45, 7) is 0.718. The third-order valence-corrected chi connectivity index (χ3v) is 4.16. The lowest BCUT2D eigenvalue weighted by atomic mass is 9.96. The van der Waals surface area contributed by atoms with Gasteiger partial charge in [0.2, 0.25) is 0 Å². The molecule has 1 aromatic carbocycles. The van der Waals surface area contributed by atoms with Gasteiger partial charge in [-0.25, -0.2) is 0 Å². The van der Waals surface area contributed by atoms with E-state index in [0.29, 0.717) is 5.56 Å². The predicted molar refractivity (Wildman–Crippen MR) is 75.5 cm³/mol. The van der Waals surface area contributed by atoms with Gasteiger partial charge in [-0.05, 0) is 52.4 Å². The molecular weight excluding hydrogens is 258 g/mol. The minimum Gasteiger partial charge on any atom is -0.384 e. The van der Waals surface area contributed by atoms with E-state index in [0.717, 1.165) is 36.1 Å². The zero-order valence-electron chi connectivity index (χ0n) is 10.4. The molecule has 0 spiro atoms. The van der Waals surface area contributed by atoms with Crippen molar-refractivity contribution in [3.05, 3.63) is 57.3 Å². The van der Waals surface area contributed by atoms with Gasteiger partial charge < -0.3 is 10.4 Å². The van der Waals surface area contributed by atoms with Crippen LogP contribution in [0.1, 0.15) is 39.6 Å². The van der Waals surface area contributed by atoms with Crippen molar-refractivity contribution < 1.29 is 9.90 Å². The Morgan fingerprint density at radius 1 is 1.26 bits per heavy atom. The van der Waals surface area contributed by atoms with Gasteiger partial charge in [-0.3, -0.25) is 4.79 Å². The molecule has 4 heteroatoms. The van der Waals surface area contributed by atoms with Gasteiger partial charge >= 0.3 is 0 Å². The Bertz CT molecular complexity index is 592. The second-order valence-electron chi connectivity index (χ2n) is 4.74. The van der Waals surface area contributed by atoms with Crippen LogP contribution >= 0.6 is 11.3 Å². The molecule has 2 aromatic rings. The van der Waals surface area contributed by atoms with Crippen LogP contribution in [0.4, 0.5) is 0 Å². The summed E-state index contributed by atoms with van der Waals surface area (Å²) in [4.78, 5) is 12.0. The molecule has 19 heavy (non-hydrogen) atoms. The van der Waals surface area contributed by atoms with E-state index < -0.39 is 6.10 Å². The third-order valence-electron chi connectivity index (χ3n) is 3.46. The summed E-state index contributed by atoms with van der Waals surface area (Å²) < 4.78 is 0. The Hall–Kier alpha value is -1.65. The Kier molecular flexibility index (Phi) is 3.36. The van der Waals surface area contributed by atoms with Crippen molar-refractivity contribution in [1.29, 1.82) is 0 Å². The Morgan fingerprint density at radius 2 is 2.16 bits per heavy atom. The molecule has 2 heterocycles. The number of amides is 1. The highest BCUT2D eigenvalue weighted by Crippen LogP contribution is 2.26. The maximum atomic E-state index is 12.0. The van der Waals surface area contributed by atoms with Gasteiger partial charge in [0.25, 0.3) is 5.91 Å². The number of nitrogens with one attached hydrogen (secondary N) is 1. The molecule has 1 aromatic heterocycles. The number of hydrogen-bond acceptors (Lipinski definition) is 3. The SMILES string of the molecule is O=C1NCCCc2ccc(C(O)c3ccsc3)cc21. The van der Waals surface area contributed by atoms with Crippen molar-refractivity contribution >= 4 is 17.2 Å². The van der Waals surface area contributed by atoms with Gasteiger partial charge in [0.1, 0.15) is 6.10 Å². The zero-order chi connectivity index (χ0) is 13.2. The number of aryl methyl sites for hydroxylation is 1. The normalized spacial score (nSPS) is 16.4. The maximum Gasteiger partial charge on any atom is 0.251 e. The number of rotatable bonds is 2. The minimum atomic E-state index is -0.660. The van der Waals surface area contributed by atoms with Crippen LogP contribution in [0.15, 0.2) is 35.0 Å². The van der Waals surface area contributed by atoms with Gasteiger partial charge in [0.05, 0.1) is 0 Å². The molecule has 0 saturated heterocycles. The number of aliphatic hydroxyl groups is 1. The molecule has 1 aliphatic heterocycles. The van der Waals surface area contributed by atoms with Crippen LogP contribution < -0.4 is 5.32 Å². The van der Waals surface area contributed by atoms with E-state index in [-0.39, 0.29) is 5.91 Å². The first-order valence-corrected chi connectivity index (χ1v) is 7.31. The van der Waals surface area contributed by atoms with E-state index in [1.54, 1.807) is 11.3 Å². The van der Waals surface area contributed by atoms with E-state index in [1.165, 1.54) is 0 Å². The summed E-state index contributed by atoms with van der Waals surface area (Å²) in [6, 6.07) is 7.60. The van der Waals surface area contributed by atoms with Gasteiger partial charge in [-0.15, -0.1) is 0 Å². The predicted octanol–water partition coefficient (Wildman–Crippen LogP) is 2.51. The summed E-state index contributed by atoms with van der Waals surface area (Å²) in [7, 11) is 0. The first-order valence-electron chi connectivity index (χ1n) is 6.37. The van der Waals surface area contributed by atoms with Crippen LogP contribution in [0, 0.1) is 0 Å². The summed E-state index contributed by atoms with van der Waals surface area (Å²) >= 11 is 1.56. The fraction of sp³-hybridized carbons (Fsp3) is 0.267. The molecular formula is C15H15NO2S. The van der Waals surface area contributed by atoms with Crippen molar-refractivity contribution in [3.8, 4) is 0 Å². The topological polar surface area (TPSA) is 49.3 Å². The monoisotopic (exact) mass is 273 g/mol. The van der Waals surface area contributed by atoms with Crippen LogP contribution in [0.2, 0.25) is 0 Å². The molecule has 0 saturated carbocycles. The second kappa shape index (κ2) is 5.15. The smallest absolute Gasteiger partial charge is 0.251 e. The quantitative estimate of drug-likeness (QED) is 0.883. The molecule has 98 valence electrons. The van der Waals surface area contributed by atoms with Crippen molar-refractivity contribution in [3.63, 3.8) is 0 Å². The Balaban J connectivity index is 1.98. The average molecular weight is 273 g/mol. The van der Waals surface area contributed by atoms with Crippen molar-refractivity contribution in [2.24, 2.45) is 0 Å². The molecule has 2 N–H and O–H groups in total. The number of hydrogen-bond donors (Lipinski definition) is 2. The number of aliphatic hydroxyl groups excluding tert-OH is 1. The number of thiophene rings is 1. The highest BCUT2D eigenvalue weighted by atomic mass is 32.1. The molecule has 1 unspecified atom stereocenters. The van der Waals surface area contributed by atoms with Crippen LogP contribution in [0.5, 0.6) is 0 Å². The van der Waals surface area contributed by atoms with Crippen molar-refractivity contribution in [1.82, 2.24) is 5.32 Å². The zero-order valence-corrected chi connectivity index (χ0v) is 11.2. The molecule has 3 rings (SSSR count). The van der Waals surface area contributed by atoms with E-state index >= 15 is 0 Å². The molecule has 3 nitrogen and oxygen atoms in total. The Morgan fingerprint density at radius 3 is 2.95 bits per heavy atom. The molecule has 0 radical (unpaired) electrons. The van der Waals surface area contributed by atoms with E-state index in [9.17, 15) is 9.90 Å². The highest BCUT2D eigenvalue weighted by molar-refractivity contribution is 7.07. The molecule has 0 fully saturated rings. The van der Waals surface area contributed by atoms with Gasteiger partial charge in [-0.2, -0.15) is 11.3 Å². The molecule has 0 bridgehead atoms. The van der Waals surface area contributed by atoms with Crippen LogP contribution in [0.3, 0.4) is 0 Å². The van der Waals surface area contributed by atoms with Crippen molar-refractivity contribution in [2.45, 2.75) is 18.9 Å². The number of carbonyl (C=O) groups excluding carboxylic acids is 1. The van der Waals surface area contributed by atoms with Crippen LogP contribution in [-0.4, -0.2) is 17.6 Å². The summed E-state index contributed by atoms with van der Waals surface area (Å²) in [6.07, 6.45) is 1.21. The first-order chi connectivity index (χ1) is 9.25. The summed E-state index contributed by atoms with van der Waals surface area (Å²) in [5.41, 5.74) is 3.41. The first kappa shape index (κ1) is 12.4. The number of fused-ring (bicyclic) bond motifs is 1. The average Bonchev–Trinajstić information content (AvgIpc) is 2.90. The molecule has 1 atom stereocenters. The lowest BCUT2D eigenvalue weighted by Gasteiger charge is -2.12. The fourth-order valence-electron chi connectivity index (χ4n) is 2.39. The third kappa shape index (κ3) is 2.41. The highest BCUT2D eigenvalue weighted by Gasteiger charge is 2.18. The van der Waals surface area contributed by atoms with Gasteiger partial charge in [0, 0.05) is 12.1 Å². The second-order valence-corrected chi connectivity index (χ2v) is 5.52. The lowest BCUT2D eigenvalue weighted by molar-refractivity contribution is 0.0956. The maximum absolute atomic E-state index is 12.0. The number of benzene rings is 1. The standard InChI is InChI=1S/C15H15NO2S/c17-14(12-5-7-19-9-12)11-4-3-10-2-1-6-16-15(18)13(10)8-11/h3-5,7-9,14,17H,1-2,6H2,(H,16,18). The Labute approximate surface area is 115 Å². The fourth-order valence-corrected chi connectivity index (χ4v) is 3.07. The lowest BCUT2D eigenvalue weighted by Crippen LogP contribution is -2.22. The van der Waals surface area contributed by atoms with E-state index in [4.69, 9.17) is 0 Å². The van der Waals surface area contributed by atoms with E-state index in [1.807, 2.05) is 35.0 Å².